The molecule has 168 valence electrons. The van der Waals surface area contributed by atoms with E-state index < -0.39 is 10.0 Å². The number of anilines is 2. The molecule has 0 aliphatic heterocycles. The highest BCUT2D eigenvalue weighted by atomic mass is 32.2. The predicted octanol–water partition coefficient (Wildman–Crippen LogP) is 3.00. The molecular weight excluding hydrogens is 444 g/mol. The number of hydrogen-bond acceptors (Lipinski definition) is 8. The standard InChI is InChI=1S/C21H20N8O3S/c1-13-12-14(2)25-21(24-13)29-33(30,31)16-7-5-15(6-8-16)26-19(22)28-20-23-10-9-17(27-20)18-4-3-11-32-18/h3-12H,1-2H3,(H,24,25,29)(H3,22,23,26,27,28). The minimum absolute atomic E-state index is 0.0165. The summed E-state index contributed by atoms with van der Waals surface area (Å²) in [6.07, 6.45) is 3.09. The predicted molar refractivity (Wildman–Crippen MR) is 123 cm³/mol. The molecule has 4 rings (SSSR count). The maximum Gasteiger partial charge on any atom is 0.264 e. The summed E-state index contributed by atoms with van der Waals surface area (Å²) in [5.41, 5.74) is 8.36. The zero-order valence-corrected chi connectivity index (χ0v) is 18.5. The molecule has 0 aliphatic carbocycles. The third kappa shape index (κ3) is 5.49. The van der Waals surface area contributed by atoms with Crippen molar-refractivity contribution in [3.8, 4) is 11.5 Å². The smallest absolute Gasteiger partial charge is 0.264 e. The Morgan fingerprint density at radius 3 is 2.42 bits per heavy atom. The van der Waals surface area contributed by atoms with Gasteiger partial charge in [-0.15, -0.1) is 0 Å². The molecule has 0 atom stereocenters. The second-order valence-electron chi connectivity index (χ2n) is 6.95. The minimum atomic E-state index is -3.86. The molecule has 11 nitrogen and oxygen atoms in total. The monoisotopic (exact) mass is 464 g/mol. The lowest BCUT2D eigenvalue weighted by Crippen LogP contribution is -2.22. The Bertz CT molecular complexity index is 1380. The largest absolute Gasteiger partial charge is 0.463 e. The molecule has 0 saturated heterocycles. The van der Waals surface area contributed by atoms with Gasteiger partial charge < -0.3 is 15.5 Å². The molecule has 3 heterocycles. The van der Waals surface area contributed by atoms with Gasteiger partial charge in [-0.25, -0.2) is 33.1 Å². The number of sulfonamides is 1. The first kappa shape index (κ1) is 21.9. The van der Waals surface area contributed by atoms with Gasteiger partial charge in [-0.1, -0.05) is 0 Å². The zero-order valence-electron chi connectivity index (χ0n) is 17.7. The zero-order chi connectivity index (χ0) is 23.4. The minimum Gasteiger partial charge on any atom is -0.463 e. The van der Waals surface area contributed by atoms with Crippen LogP contribution in [0.1, 0.15) is 11.4 Å². The van der Waals surface area contributed by atoms with Crippen LogP contribution in [-0.4, -0.2) is 34.3 Å². The van der Waals surface area contributed by atoms with Crippen molar-refractivity contribution in [1.29, 1.82) is 0 Å². The Kier molecular flexibility index (Phi) is 6.00. The first-order chi connectivity index (χ1) is 15.8. The van der Waals surface area contributed by atoms with Gasteiger partial charge in [0, 0.05) is 23.3 Å². The lowest BCUT2D eigenvalue weighted by atomic mass is 10.3. The van der Waals surface area contributed by atoms with Crippen LogP contribution >= 0.6 is 0 Å². The first-order valence-corrected chi connectivity index (χ1v) is 11.2. The maximum atomic E-state index is 12.6. The number of nitrogens with zero attached hydrogens (tertiary/aromatic N) is 5. The second kappa shape index (κ2) is 9.04. The first-order valence-electron chi connectivity index (χ1n) is 9.72. The van der Waals surface area contributed by atoms with Crippen LogP contribution in [0.15, 0.2) is 75.3 Å². The summed E-state index contributed by atoms with van der Waals surface area (Å²) in [6, 6.07) is 12.9. The van der Waals surface area contributed by atoms with E-state index in [0.29, 0.717) is 28.5 Å². The number of aryl methyl sites for hydroxylation is 2. The number of aromatic nitrogens is 4. The van der Waals surface area contributed by atoms with Crippen molar-refractivity contribution >= 4 is 33.6 Å². The topological polar surface area (TPSA) is 161 Å². The molecule has 4 aromatic rings. The highest BCUT2D eigenvalue weighted by molar-refractivity contribution is 7.92. The molecular formula is C21H20N8O3S. The summed E-state index contributed by atoms with van der Waals surface area (Å²) in [6.45, 7) is 3.52. The Morgan fingerprint density at radius 2 is 1.76 bits per heavy atom. The van der Waals surface area contributed by atoms with Gasteiger partial charge in [-0.05, 0) is 62.4 Å². The van der Waals surface area contributed by atoms with Crippen molar-refractivity contribution < 1.29 is 12.8 Å². The van der Waals surface area contributed by atoms with E-state index in [0.717, 1.165) is 0 Å². The van der Waals surface area contributed by atoms with Crippen LogP contribution < -0.4 is 15.8 Å². The van der Waals surface area contributed by atoms with Gasteiger partial charge in [0.15, 0.2) is 5.76 Å². The summed E-state index contributed by atoms with van der Waals surface area (Å²) in [5, 5.41) is 2.87. The van der Waals surface area contributed by atoms with E-state index in [2.05, 4.69) is 35.0 Å². The van der Waals surface area contributed by atoms with E-state index in [4.69, 9.17) is 10.2 Å². The molecule has 3 aromatic heterocycles. The van der Waals surface area contributed by atoms with E-state index >= 15 is 0 Å². The van der Waals surface area contributed by atoms with E-state index in [1.165, 1.54) is 12.1 Å². The van der Waals surface area contributed by atoms with Crippen LogP contribution in [0.25, 0.3) is 11.5 Å². The van der Waals surface area contributed by atoms with Crippen LogP contribution in [0.4, 0.5) is 17.6 Å². The number of aliphatic imine (C=N–C) groups is 1. The maximum absolute atomic E-state index is 12.6. The van der Waals surface area contributed by atoms with Gasteiger partial charge in [-0.2, -0.15) is 4.99 Å². The summed E-state index contributed by atoms with van der Waals surface area (Å²) >= 11 is 0. The van der Waals surface area contributed by atoms with Crippen LogP contribution in [0, 0.1) is 13.8 Å². The number of guanidine groups is 1. The van der Waals surface area contributed by atoms with Crippen LogP contribution in [0.5, 0.6) is 0 Å². The average Bonchev–Trinajstić information content (AvgIpc) is 3.28. The lowest BCUT2D eigenvalue weighted by molar-refractivity contribution is 0.580. The van der Waals surface area contributed by atoms with E-state index in [1.807, 2.05) is 0 Å². The van der Waals surface area contributed by atoms with Crippen molar-refractivity contribution in [2.24, 2.45) is 10.7 Å². The number of rotatable bonds is 6. The number of hydrogen-bond donors (Lipinski definition) is 3. The van der Waals surface area contributed by atoms with Crippen molar-refractivity contribution in [2.45, 2.75) is 18.7 Å². The van der Waals surface area contributed by atoms with Crippen LogP contribution in [-0.2, 0) is 10.0 Å². The fraction of sp³-hybridized carbons (Fsp3) is 0.0952. The molecule has 4 N–H and O–H groups in total. The van der Waals surface area contributed by atoms with E-state index in [9.17, 15) is 8.42 Å². The molecule has 0 aliphatic rings. The van der Waals surface area contributed by atoms with E-state index in [-0.39, 0.29) is 22.8 Å². The van der Waals surface area contributed by atoms with Crippen LogP contribution in [0.2, 0.25) is 0 Å². The van der Waals surface area contributed by atoms with Gasteiger partial charge in [-0.3, -0.25) is 0 Å². The average molecular weight is 465 g/mol. The van der Waals surface area contributed by atoms with Crippen molar-refractivity contribution in [3.05, 3.63) is 72.4 Å². The van der Waals surface area contributed by atoms with Gasteiger partial charge in [0.05, 0.1) is 11.2 Å². The molecule has 0 radical (unpaired) electrons. The Balaban J connectivity index is 1.46. The van der Waals surface area contributed by atoms with E-state index in [1.54, 1.807) is 62.7 Å². The normalized spacial score (nSPS) is 11.9. The third-order valence-corrected chi connectivity index (χ3v) is 5.63. The second-order valence-corrected chi connectivity index (χ2v) is 8.63. The van der Waals surface area contributed by atoms with Crippen LogP contribution in [0.3, 0.4) is 0 Å². The third-order valence-electron chi connectivity index (χ3n) is 4.28. The quantitative estimate of drug-likeness (QED) is 0.288. The Hall–Kier alpha value is -4.32. The molecule has 0 saturated carbocycles. The summed E-state index contributed by atoms with van der Waals surface area (Å²) in [5.74, 6) is 0.773. The number of nitrogens with one attached hydrogen (secondary N) is 2. The molecule has 0 bridgehead atoms. The summed E-state index contributed by atoms with van der Waals surface area (Å²) < 4.78 is 33.0. The molecule has 0 amide bonds. The number of nitrogens with two attached hydrogens (primary N) is 1. The molecule has 33 heavy (non-hydrogen) atoms. The summed E-state index contributed by atoms with van der Waals surface area (Å²) in [7, 11) is -3.86. The molecule has 0 fully saturated rings. The lowest BCUT2D eigenvalue weighted by Gasteiger charge is -2.09. The van der Waals surface area contributed by atoms with Gasteiger partial charge in [0.25, 0.3) is 16.0 Å². The molecule has 12 heteroatoms. The molecule has 0 unspecified atom stereocenters. The number of benzene rings is 1. The number of furan rings is 1. The van der Waals surface area contributed by atoms with Crippen molar-refractivity contribution in [1.82, 2.24) is 19.9 Å². The van der Waals surface area contributed by atoms with Gasteiger partial charge in [0.1, 0.15) is 5.69 Å². The van der Waals surface area contributed by atoms with Crippen molar-refractivity contribution in [3.63, 3.8) is 0 Å². The fourth-order valence-electron chi connectivity index (χ4n) is 2.92. The van der Waals surface area contributed by atoms with Gasteiger partial charge in [0.2, 0.25) is 11.9 Å². The van der Waals surface area contributed by atoms with Gasteiger partial charge >= 0.3 is 0 Å². The highest BCUT2D eigenvalue weighted by Gasteiger charge is 2.16. The Morgan fingerprint density at radius 1 is 1.03 bits per heavy atom. The summed E-state index contributed by atoms with van der Waals surface area (Å²) in [4.78, 5) is 20.7. The molecule has 1 aromatic carbocycles. The fourth-order valence-corrected chi connectivity index (χ4v) is 3.86. The Labute approximate surface area is 189 Å². The molecule has 0 spiro atoms. The van der Waals surface area contributed by atoms with Crippen molar-refractivity contribution in [2.75, 3.05) is 10.0 Å². The SMILES string of the molecule is Cc1cc(C)nc(NS(=O)(=O)c2ccc(N/C(N)=N/c3nccc(-c4ccco4)n3)cc2)n1. The highest BCUT2D eigenvalue weighted by Crippen LogP contribution is 2.19.